The zero-order chi connectivity index (χ0) is 22.9. The van der Waals surface area contributed by atoms with Gasteiger partial charge in [-0.3, -0.25) is 0 Å². The topological polar surface area (TPSA) is 80.2 Å². The standard InChI is InChI=1S/C23H25ClFN5O2/c1-23(2,3)32-22(31)30-11-5-6-14(12-30)16-9-10-18-20(28-16)21(27-13-26-18)29-17-8-4-7-15(24)19(17)25/h4,7-10,13-14H,5-6,11-12H2,1-3H3,(H,26,27,29). The van der Waals surface area contributed by atoms with Crippen LogP contribution in [0.2, 0.25) is 5.02 Å². The predicted octanol–water partition coefficient (Wildman–Crippen LogP) is 5.68. The summed E-state index contributed by atoms with van der Waals surface area (Å²) in [6.45, 7) is 6.74. The van der Waals surface area contributed by atoms with Gasteiger partial charge in [-0.1, -0.05) is 17.7 Å². The summed E-state index contributed by atoms with van der Waals surface area (Å²) < 4.78 is 19.9. The number of carbonyl (C=O) groups excluding carboxylic acids is 1. The Hall–Kier alpha value is -3.00. The summed E-state index contributed by atoms with van der Waals surface area (Å²) in [4.78, 5) is 27.6. The lowest BCUT2D eigenvalue weighted by Crippen LogP contribution is -2.42. The lowest BCUT2D eigenvalue weighted by molar-refractivity contribution is 0.0197. The first-order valence-electron chi connectivity index (χ1n) is 10.5. The van der Waals surface area contributed by atoms with Crippen molar-refractivity contribution in [3.63, 3.8) is 0 Å². The van der Waals surface area contributed by atoms with E-state index in [9.17, 15) is 9.18 Å². The summed E-state index contributed by atoms with van der Waals surface area (Å²) in [5.41, 5.74) is 1.65. The quantitative estimate of drug-likeness (QED) is 0.545. The average molecular weight is 458 g/mol. The van der Waals surface area contributed by atoms with Crippen molar-refractivity contribution in [2.75, 3.05) is 18.4 Å². The molecule has 1 fully saturated rings. The number of fused-ring (bicyclic) bond motifs is 1. The molecule has 1 aliphatic heterocycles. The minimum atomic E-state index is -0.558. The van der Waals surface area contributed by atoms with Crippen LogP contribution in [-0.4, -0.2) is 44.6 Å². The van der Waals surface area contributed by atoms with Gasteiger partial charge >= 0.3 is 6.09 Å². The highest BCUT2D eigenvalue weighted by Crippen LogP contribution is 2.31. The maximum absolute atomic E-state index is 14.4. The number of piperidine rings is 1. The molecule has 1 N–H and O–H groups in total. The van der Waals surface area contributed by atoms with Crippen molar-refractivity contribution in [2.45, 2.75) is 45.1 Å². The molecule has 168 valence electrons. The van der Waals surface area contributed by atoms with Gasteiger partial charge in [0.25, 0.3) is 0 Å². The van der Waals surface area contributed by atoms with Gasteiger partial charge < -0.3 is 15.0 Å². The molecule has 0 radical (unpaired) electrons. The second-order valence-electron chi connectivity index (χ2n) is 8.82. The SMILES string of the molecule is CC(C)(C)OC(=O)N1CCCC(c2ccc3ncnc(Nc4cccc(Cl)c4F)c3n2)C1. The van der Waals surface area contributed by atoms with E-state index in [0.717, 1.165) is 18.5 Å². The third-order valence-electron chi connectivity index (χ3n) is 5.20. The van der Waals surface area contributed by atoms with Crippen LogP contribution in [0.3, 0.4) is 0 Å². The molecule has 0 spiro atoms. The number of carbonyl (C=O) groups is 1. The first kappa shape index (κ1) is 22.2. The van der Waals surface area contributed by atoms with Crippen molar-refractivity contribution in [1.82, 2.24) is 19.9 Å². The lowest BCUT2D eigenvalue weighted by Gasteiger charge is -2.34. The molecule has 32 heavy (non-hydrogen) atoms. The first-order chi connectivity index (χ1) is 15.2. The number of nitrogens with zero attached hydrogens (tertiary/aromatic N) is 4. The second-order valence-corrected chi connectivity index (χ2v) is 9.23. The molecule has 0 bridgehead atoms. The van der Waals surface area contributed by atoms with Crippen molar-refractivity contribution < 1.29 is 13.9 Å². The third kappa shape index (κ3) is 4.91. The van der Waals surface area contributed by atoms with Crippen LogP contribution in [-0.2, 0) is 4.74 Å². The molecule has 3 heterocycles. The number of anilines is 2. The smallest absolute Gasteiger partial charge is 0.410 e. The van der Waals surface area contributed by atoms with Crippen molar-refractivity contribution in [1.29, 1.82) is 0 Å². The van der Waals surface area contributed by atoms with E-state index in [1.807, 2.05) is 32.9 Å². The maximum atomic E-state index is 14.4. The van der Waals surface area contributed by atoms with Gasteiger partial charge in [0.1, 0.15) is 17.4 Å². The molecule has 1 unspecified atom stereocenters. The second kappa shape index (κ2) is 8.86. The van der Waals surface area contributed by atoms with Gasteiger partial charge in [0.05, 0.1) is 16.2 Å². The molecule has 7 nitrogen and oxygen atoms in total. The zero-order valence-electron chi connectivity index (χ0n) is 18.2. The zero-order valence-corrected chi connectivity index (χ0v) is 19.0. The average Bonchev–Trinajstić information content (AvgIpc) is 2.76. The molecular weight excluding hydrogens is 433 g/mol. The van der Waals surface area contributed by atoms with Crippen LogP contribution in [0.15, 0.2) is 36.7 Å². The summed E-state index contributed by atoms with van der Waals surface area (Å²) in [6.07, 6.45) is 2.84. The Morgan fingerprint density at radius 2 is 2.06 bits per heavy atom. The van der Waals surface area contributed by atoms with Gasteiger partial charge in [-0.25, -0.2) is 24.1 Å². The summed E-state index contributed by atoms with van der Waals surface area (Å²) >= 11 is 5.90. The van der Waals surface area contributed by atoms with Crippen molar-refractivity contribution in [3.8, 4) is 0 Å². The number of aromatic nitrogens is 3. The molecule has 0 saturated carbocycles. The Labute approximate surface area is 191 Å². The largest absolute Gasteiger partial charge is 0.444 e. The highest BCUT2D eigenvalue weighted by molar-refractivity contribution is 6.31. The maximum Gasteiger partial charge on any atom is 0.410 e. The molecule has 1 amide bonds. The summed E-state index contributed by atoms with van der Waals surface area (Å²) in [6, 6.07) is 8.51. The highest BCUT2D eigenvalue weighted by atomic mass is 35.5. The fraction of sp³-hybridized carbons (Fsp3) is 0.391. The Bertz CT molecular complexity index is 1150. The number of amides is 1. The van der Waals surface area contributed by atoms with E-state index in [2.05, 4.69) is 15.3 Å². The number of ether oxygens (including phenoxy) is 1. The van der Waals surface area contributed by atoms with Crippen LogP contribution >= 0.6 is 11.6 Å². The van der Waals surface area contributed by atoms with E-state index in [1.165, 1.54) is 12.4 Å². The fourth-order valence-electron chi connectivity index (χ4n) is 3.71. The molecule has 0 aliphatic carbocycles. The van der Waals surface area contributed by atoms with Crippen LogP contribution in [0.4, 0.5) is 20.7 Å². The van der Waals surface area contributed by atoms with E-state index in [-0.39, 0.29) is 22.7 Å². The Balaban J connectivity index is 1.61. The van der Waals surface area contributed by atoms with Gasteiger partial charge in [-0.15, -0.1) is 0 Å². The lowest BCUT2D eigenvalue weighted by atomic mass is 9.94. The fourth-order valence-corrected chi connectivity index (χ4v) is 3.89. The van der Waals surface area contributed by atoms with E-state index >= 15 is 0 Å². The van der Waals surface area contributed by atoms with Gasteiger partial charge in [0, 0.05) is 24.7 Å². The minimum absolute atomic E-state index is 0.0199. The Morgan fingerprint density at radius 3 is 2.84 bits per heavy atom. The van der Waals surface area contributed by atoms with E-state index in [4.69, 9.17) is 21.3 Å². The van der Waals surface area contributed by atoms with Crippen LogP contribution in [0.25, 0.3) is 11.0 Å². The number of likely N-dealkylation sites (tertiary alicyclic amines) is 1. The molecule has 3 aromatic rings. The number of benzene rings is 1. The molecule has 9 heteroatoms. The van der Waals surface area contributed by atoms with Gasteiger partial charge in [-0.2, -0.15) is 0 Å². The summed E-state index contributed by atoms with van der Waals surface area (Å²) in [5, 5.41) is 3.00. The Kier molecular flexibility index (Phi) is 6.15. The molecule has 4 rings (SSSR count). The van der Waals surface area contributed by atoms with Gasteiger partial charge in [0.2, 0.25) is 0 Å². The highest BCUT2D eigenvalue weighted by Gasteiger charge is 2.29. The Morgan fingerprint density at radius 1 is 1.25 bits per heavy atom. The molecule has 1 aliphatic rings. The monoisotopic (exact) mass is 457 g/mol. The molecule has 1 saturated heterocycles. The normalized spacial score (nSPS) is 16.8. The number of halogens is 2. The van der Waals surface area contributed by atoms with Gasteiger partial charge in [0.15, 0.2) is 11.6 Å². The third-order valence-corrected chi connectivity index (χ3v) is 5.49. The predicted molar refractivity (Wildman–Crippen MR) is 122 cm³/mol. The first-order valence-corrected chi connectivity index (χ1v) is 10.9. The van der Waals surface area contributed by atoms with Crippen LogP contribution in [0.1, 0.15) is 45.2 Å². The van der Waals surface area contributed by atoms with Gasteiger partial charge in [-0.05, 0) is 57.9 Å². The van der Waals surface area contributed by atoms with E-state index in [0.29, 0.717) is 29.9 Å². The van der Waals surface area contributed by atoms with Crippen LogP contribution in [0.5, 0.6) is 0 Å². The summed E-state index contributed by atoms with van der Waals surface area (Å²) in [7, 11) is 0. The van der Waals surface area contributed by atoms with Crippen LogP contribution < -0.4 is 5.32 Å². The molecule has 2 aromatic heterocycles. The summed E-state index contributed by atoms with van der Waals surface area (Å²) in [5.74, 6) is -0.119. The van der Waals surface area contributed by atoms with Crippen molar-refractivity contribution in [2.24, 2.45) is 0 Å². The number of rotatable bonds is 3. The van der Waals surface area contributed by atoms with E-state index < -0.39 is 11.4 Å². The number of nitrogens with one attached hydrogen (secondary N) is 1. The number of pyridine rings is 1. The number of hydrogen-bond donors (Lipinski definition) is 1. The molecular formula is C23H25ClFN5O2. The molecule has 1 aromatic carbocycles. The van der Waals surface area contributed by atoms with Crippen LogP contribution in [0, 0.1) is 5.82 Å². The minimum Gasteiger partial charge on any atom is -0.444 e. The van der Waals surface area contributed by atoms with Crippen molar-refractivity contribution in [3.05, 3.63) is 53.2 Å². The number of hydrogen-bond acceptors (Lipinski definition) is 6. The van der Waals surface area contributed by atoms with E-state index in [1.54, 1.807) is 17.0 Å². The van der Waals surface area contributed by atoms with Crippen molar-refractivity contribution >= 4 is 40.2 Å². The molecule has 1 atom stereocenters.